The Hall–Kier alpha value is -0.810. The Balaban J connectivity index is 2.37. The van der Waals surface area contributed by atoms with Gasteiger partial charge in [-0.3, -0.25) is 9.69 Å². The molecule has 1 heterocycles. The van der Waals surface area contributed by atoms with Gasteiger partial charge in [0, 0.05) is 41.8 Å². The molecule has 0 spiro atoms. The third kappa shape index (κ3) is 2.78. The van der Waals surface area contributed by atoms with E-state index in [1.807, 2.05) is 4.90 Å². The number of nitrogens with zero attached hydrogens (tertiary/aromatic N) is 1. The van der Waals surface area contributed by atoms with Crippen LogP contribution in [0.5, 0.6) is 0 Å². The summed E-state index contributed by atoms with van der Waals surface area (Å²) in [4.78, 5) is 13.8. The second kappa shape index (κ2) is 5.89. The molecule has 0 aliphatic carbocycles. The van der Waals surface area contributed by atoms with Crippen molar-refractivity contribution in [2.45, 2.75) is 6.04 Å². The van der Waals surface area contributed by atoms with E-state index >= 15 is 0 Å². The third-order valence-electron chi connectivity index (χ3n) is 3.06. The number of piperazine rings is 1. The lowest BCUT2D eigenvalue weighted by Gasteiger charge is -2.34. The molecule has 6 heteroatoms. The number of nitrogens with one attached hydrogen (secondary N) is 1. The van der Waals surface area contributed by atoms with Crippen molar-refractivity contribution in [3.63, 3.8) is 0 Å². The van der Waals surface area contributed by atoms with Crippen LogP contribution in [-0.2, 0) is 4.79 Å². The Morgan fingerprint density at radius 1 is 1.28 bits per heavy atom. The Bertz CT molecular complexity index is 427. The number of carbonyl (C=O) groups is 1. The van der Waals surface area contributed by atoms with Crippen LogP contribution in [0.4, 0.5) is 0 Å². The van der Waals surface area contributed by atoms with Crippen LogP contribution in [-0.4, -0.2) is 37.0 Å². The first-order valence-electron chi connectivity index (χ1n) is 5.79. The molecule has 0 bridgehead atoms. The summed E-state index contributed by atoms with van der Waals surface area (Å²) < 4.78 is 0. The lowest BCUT2D eigenvalue weighted by molar-refractivity contribution is -0.123. The number of halogens is 2. The van der Waals surface area contributed by atoms with Crippen molar-refractivity contribution >= 4 is 29.1 Å². The molecule has 0 saturated carbocycles. The molecule has 1 aromatic carbocycles. The Labute approximate surface area is 116 Å². The number of amides is 1. The highest BCUT2D eigenvalue weighted by Crippen LogP contribution is 2.33. The molecular weight excluding hydrogens is 273 g/mol. The third-order valence-corrected chi connectivity index (χ3v) is 3.72. The molecule has 3 N–H and O–H groups in total. The molecule has 4 nitrogen and oxygen atoms in total. The predicted molar refractivity (Wildman–Crippen MR) is 72.8 cm³/mol. The Morgan fingerprint density at radius 2 is 1.83 bits per heavy atom. The van der Waals surface area contributed by atoms with Crippen molar-refractivity contribution in [3.05, 3.63) is 33.8 Å². The van der Waals surface area contributed by atoms with Gasteiger partial charge in [-0.15, -0.1) is 0 Å². The van der Waals surface area contributed by atoms with Gasteiger partial charge in [0.05, 0.1) is 0 Å². The molecule has 1 saturated heterocycles. The van der Waals surface area contributed by atoms with Crippen LogP contribution in [0.15, 0.2) is 18.2 Å². The quantitative estimate of drug-likeness (QED) is 0.884. The number of nitrogens with two attached hydrogens (primary N) is 1. The fourth-order valence-electron chi connectivity index (χ4n) is 2.22. The van der Waals surface area contributed by atoms with Crippen molar-refractivity contribution in [3.8, 4) is 0 Å². The van der Waals surface area contributed by atoms with Gasteiger partial charge in [-0.05, 0) is 12.1 Å². The number of hydrogen-bond acceptors (Lipinski definition) is 3. The van der Waals surface area contributed by atoms with Gasteiger partial charge in [0.15, 0.2) is 0 Å². The van der Waals surface area contributed by atoms with Gasteiger partial charge in [0.25, 0.3) is 0 Å². The second-order valence-corrected chi connectivity index (χ2v) is 5.04. The standard InChI is InChI=1S/C12H15Cl2N3O/c13-8-2-1-3-9(14)10(8)11(12(15)18)17-6-4-16-5-7-17/h1-3,11,16H,4-7H2,(H2,15,18). The topological polar surface area (TPSA) is 58.4 Å². The van der Waals surface area contributed by atoms with E-state index in [1.165, 1.54) is 0 Å². The SMILES string of the molecule is NC(=O)C(c1c(Cl)cccc1Cl)N1CCNCC1. The minimum Gasteiger partial charge on any atom is -0.368 e. The van der Waals surface area contributed by atoms with Gasteiger partial charge in [0.2, 0.25) is 5.91 Å². The zero-order valence-electron chi connectivity index (χ0n) is 9.83. The largest absolute Gasteiger partial charge is 0.368 e. The van der Waals surface area contributed by atoms with E-state index in [-0.39, 0.29) is 0 Å². The van der Waals surface area contributed by atoms with E-state index in [4.69, 9.17) is 28.9 Å². The van der Waals surface area contributed by atoms with Gasteiger partial charge in [-0.2, -0.15) is 0 Å². The average molecular weight is 288 g/mol. The van der Waals surface area contributed by atoms with Gasteiger partial charge in [-0.1, -0.05) is 29.3 Å². The van der Waals surface area contributed by atoms with Crippen molar-refractivity contribution < 1.29 is 4.79 Å². The van der Waals surface area contributed by atoms with Crippen LogP contribution < -0.4 is 11.1 Å². The van der Waals surface area contributed by atoms with Crippen LogP contribution in [0, 0.1) is 0 Å². The number of carbonyl (C=O) groups excluding carboxylic acids is 1. The fraction of sp³-hybridized carbons (Fsp3) is 0.417. The first kappa shape index (κ1) is 13.6. The normalized spacial score (nSPS) is 18.6. The van der Waals surface area contributed by atoms with E-state index in [2.05, 4.69) is 5.32 Å². The van der Waals surface area contributed by atoms with Crippen molar-refractivity contribution in [1.29, 1.82) is 0 Å². The van der Waals surface area contributed by atoms with E-state index in [0.717, 1.165) is 26.2 Å². The van der Waals surface area contributed by atoms with Crippen molar-refractivity contribution in [1.82, 2.24) is 10.2 Å². The molecule has 1 aliphatic heterocycles. The molecule has 18 heavy (non-hydrogen) atoms. The van der Waals surface area contributed by atoms with Crippen molar-refractivity contribution in [2.24, 2.45) is 5.73 Å². The van der Waals surface area contributed by atoms with E-state index in [1.54, 1.807) is 18.2 Å². The molecule has 98 valence electrons. The number of hydrogen-bond donors (Lipinski definition) is 2. The summed E-state index contributed by atoms with van der Waals surface area (Å²) in [6, 6.07) is 4.64. The maximum Gasteiger partial charge on any atom is 0.239 e. The predicted octanol–water partition coefficient (Wildman–Crippen LogP) is 1.43. The number of primary amides is 1. The van der Waals surface area contributed by atoms with Crippen LogP contribution in [0.1, 0.15) is 11.6 Å². The summed E-state index contributed by atoms with van der Waals surface area (Å²) in [5.41, 5.74) is 6.13. The molecule has 1 fully saturated rings. The van der Waals surface area contributed by atoms with Crippen LogP contribution in [0.2, 0.25) is 10.0 Å². The highest BCUT2D eigenvalue weighted by Gasteiger charge is 2.30. The molecule has 1 atom stereocenters. The Morgan fingerprint density at radius 3 is 2.33 bits per heavy atom. The lowest BCUT2D eigenvalue weighted by atomic mass is 10.0. The zero-order valence-corrected chi connectivity index (χ0v) is 11.3. The summed E-state index contributed by atoms with van der Waals surface area (Å²) in [6.45, 7) is 3.14. The van der Waals surface area contributed by atoms with Gasteiger partial charge < -0.3 is 11.1 Å². The smallest absolute Gasteiger partial charge is 0.239 e. The van der Waals surface area contributed by atoms with E-state index in [0.29, 0.717) is 15.6 Å². The second-order valence-electron chi connectivity index (χ2n) is 4.23. The first-order valence-corrected chi connectivity index (χ1v) is 6.55. The highest BCUT2D eigenvalue weighted by molar-refractivity contribution is 6.36. The maximum atomic E-state index is 11.7. The molecule has 1 aromatic rings. The minimum absolute atomic E-state index is 0.424. The molecular formula is C12H15Cl2N3O. The number of rotatable bonds is 3. The fourth-order valence-corrected chi connectivity index (χ4v) is 2.82. The van der Waals surface area contributed by atoms with Gasteiger partial charge in [0.1, 0.15) is 6.04 Å². The molecule has 0 radical (unpaired) electrons. The molecule has 1 aliphatic rings. The Kier molecular flexibility index (Phi) is 4.45. The summed E-state index contributed by atoms with van der Waals surface area (Å²) in [7, 11) is 0. The van der Waals surface area contributed by atoms with E-state index in [9.17, 15) is 4.79 Å². The monoisotopic (exact) mass is 287 g/mol. The van der Waals surface area contributed by atoms with E-state index < -0.39 is 11.9 Å². The summed E-state index contributed by atoms with van der Waals surface area (Å²) in [6.07, 6.45) is 0. The molecule has 0 aromatic heterocycles. The highest BCUT2D eigenvalue weighted by atomic mass is 35.5. The summed E-state index contributed by atoms with van der Waals surface area (Å²) in [5, 5.41) is 4.18. The first-order chi connectivity index (χ1) is 8.61. The molecule has 1 amide bonds. The average Bonchev–Trinajstić information content (AvgIpc) is 2.34. The number of benzene rings is 1. The minimum atomic E-state index is -0.562. The van der Waals surface area contributed by atoms with Crippen molar-refractivity contribution in [2.75, 3.05) is 26.2 Å². The van der Waals surface area contributed by atoms with Crippen LogP contribution in [0.3, 0.4) is 0 Å². The van der Waals surface area contributed by atoms with Crippen LogP contribution in [0.25, 0.3) is 0 Å². The lowest BCUT2D eigenvalue weighted by Crippen LogP contribution is -2.48. The van der Waals surface area contributed by atoms with Crippen LogP contribution >= 0.6 is 23.2 Å². The van der Waals surface area contributed by atoms with Gasteiger partial charge >= 0.3 is 0 Å². The maximum absolute atomic E-state index is 11.7. The zero-order chi connectivity index (χ0) is 13.1. The summed E-state index contributed by atoms with van der Waals surface area (Å²) in [5.74, 6) is -0.424. The summed E-state index contributed by atoms with van der Waals surface area (Å²) >= 11 is 12.3. The van der Waals surface area contributed by atoms with Gasteiger partial charge in [-0.25, -0.2) is 0 Å². The molecule has 2 rings (SSSR count). The molecule has 1 unspecified atom stereocenters.